The summed E-state index contributed by atoms with van der Waals surface area (Å²) in [5.41, 5.74) is 0.491. The fourth-order valence-electron chi connectivity index (χ4n) is 4.03. The average molecular weight is 281 g/mol. The van der Waals surface area contributed by atoms with E-state index in [9.17, 15) is 14.7 Å². The van der Waals surface area contributed by atoms with Gasteiger partial charge in [-0.1, -0.05) is 34.6 Å². The molecule has 0 aromatic carbocycles. The van der Waals surface area contributed by atoms with E-state index in [0.717, 1.165) is 0 Å². The number of carbonyl (C=O) groups is 2. The second-order valence-electron chi connectivity index (χ2n) is 7.87. The molecule has 2 rings (SSSR count). The van der Waals surface area contributed by atoms with Gasteiger partial charge in [0.1, 0.15) is 0 Å². The predicted octanol–water partition coefficient (Wildman–Crippen LogP) is 2.53. The Morgan fingerprint density at radius 2 is 1.60 bits per heavy atom. The fraction of sp³-hybridized carbons (Fsp3) is 0.875. The SMILES string of the molecule is CC1CC(C(=O)O)C(C(=O)NCC2C(C)(C)C2(C)C)C1. The Kier molecular flexibility index (Phi) is 3.64. The van der Waals surface area contributed by atoms with Gasteiger partial charge in [-0.05, 0) is 35.5 Å². The van der Waals surface area contributed by atoms with Crippen LogP contribution in [0.1, 0.15) is 47.5 Å². The van der Waals surface area contributed by atoms with E-state index >= 15 is 0 Å². The molecule has 0 saturated heterocycles. The van der Waals surface area contributed by atoms with Crippen molar-refractivity contribution >= 4 is 11.9 Å². The first kappa shape index (κ1) is 15.3. The fourth-order valence-corrected chi connectivity index (χ4v) is 4.03. The molecule has 0 bridgehead atoms. The van der Waals surface area contributed by atoms with Crippen LogP contribution in [0, 0.1) is 34.5 Å². The molecule has 20 heavy (non-hydrogen) atoms. The normalized spacial score (nSPS) is 34.8. The molecule has 2 N–H and O–H groups in total. The molecule has 3 unspecified atom stereocenters. The number of carbonyl (C=O) groups excluding carboxylic acids is 1. The Balaban J connectivity index is 1.91. The second kappa shape index (κ2) is 4.74. The third-order valence-electron chi connectivity index (χ3n) is 6.25. The highest BCUT2D eigenvalue weighted by Crippen LogP contribution is 2.67. The van der Waals surface area contributed by atoms with Gasteiger partial charge in [0.05, 0.1) is 11.8 Å². The zero-order valence-corrected chi connectivity index (χ0v) is 13.2. The van der Waals surface area contributed by atoms with Crippen molar-refractivity contribution in [3.05, 3.63) is 0 Å². The molecule has 2 aliphatic rings. The number of nitrogens with one attached hydrogen (secondary N) is 1. The minimum Gasteiger partial charge on any atom is -0.481 e. The third-order valence-corrected chi connectivity index (χ3v) is 6.25. The van der Waals surface area contributed by atoms with E-state index in [0.29, 0.717) is 31.2 Å². The highest BCUT2D eigenvalue weighted by atomic mass is 16.4. The summed E-state index contributed by atoms with van der Waals surface area (Å²) in [6.07, 6.45) is 1.31. The first-order chi connectivity index (χ1) is 9.09. The van der Waals surface area contributed by atoms with Crippen LogP contribution in [0.4, 0.5) is 0 Å². The molecule has 3 atom stereocenters. The Labute approximate surface area is 121 Å². The maximum Gasteiger partial charge on any atom is 0.307 e. The van der Waals surface area contributed by atoms with Gasteiger partial charge in [-0.3, -0.25) is 9.59 Å². The van der Waals surface area contributed by atoms with Gasteiger partial charge in [0.2, 0.25) is 5.91 Å². The Morgan fingerprint density at radius 3 is 2.05 bits per heavy atom. The van der Waals surface area contributed by atoms with Crippen LogP contribution in [-0.4, -0.2) is 23.5 Å². The van der Waals surface area contributed by atoms with Crippen LogP contribution in [0.15, 0.2) is 0 Å². The standard InChI is InChI=1S/C16H27NO3/c1-9-6-10(11(7-9)14(19)20)13(18)17-8-12-15(2,3)16(12,4)5/h9-12H,6-8H2,1-5H3,(H,17,18)(H,19,20). The second-order valence-corrected chi connectivity index (χ2v) is 7.87. The minimum absolute atomic E-state index is 0.0692. The molecule has 0 aromatic rings. The van der Waals surface area contributed by atoms with Crippen molar-refractivity contribution in [1.29, 1.82) is 0 Å². The molecule has 2 fully saturated rings. The summed E-state index contributed by atoms with van der Waals surface area (Å²) in [4.78, 5) is 23.5. The zero-order valence-electron chi connectivity index (χ0n) is 13.2. The zero-order chi connectivity index (χ0) is 15.3. The van der Waals surface area contributed by atoms with E-state index in [-0.39, 0.29) is 22.7 Å². The van der Waals surface area contributed by atoms with E-state index in [2.05, 4.69) is 33.0 Å². The van der Waals surface area contributed by atoms with Crippen molar-refractivity contribution < 1.29 is 14.7 Å². The molecular formula is C16H27NO3. The summed E-state index contributed by atoms with van der Waals surface area (Å²) in [6.45, 7) is 11.6. The number of aliphatic carboxylic acids is 1. The Bertz CT molecular complexity index is 413. The Morgan fingerprint density at radius 1 is 1.10 bits per heavy atom. The number of hydrogen-bond donors (Lipinski definition) is 2. The molecule has 114 valence electrons. The lowest BCUT2D eigenvalue weighted by Gasteiger charge is -2.16. The van der Waals surface area contributed by atoms with Crippen molar-refractivity contribution in [3.8, 4) is 0 Å². The maximum atomic E-state index is 12.3. The van der Waals surface area contributed by atoms with Crippen LogP contribution in [0.5, 0.6) is 0 Å². The van der Waals surface area contributed by atoms with Crippen molar-refractivity contribution in [3.63, 3.8) is 0 Å². The van der Waals surface area contributed by atoms with Crippen LogP contribution in [0.25, 0.3) is 0 Å². The average Bonchev–Trinajstić information content (AvgIpc) is 2.65. The number of rotatable bonds is 4. The van der Waals surface area contributed by atoms with E-state index in [1.165, 1.54) is 0 Å². The van der Waals surface area contributed by atoms with Crippen LogP contribution < -0.4 is 5.32 Å². The summed E-state index contributed by atoms with van der Waals surface area (Å²) >= 11 is 0. The topological polar surface area (TPSA) is 66.4 Å². The molecule has 0 spiro atoms. The van der Waals surface area contributed by atoms with Crippen molar-refractivity contribution in [2.24, 2.45) is 34.5 Å². The van der Waals surface area contributed by atoms with E-state index < -0.39 is 11.9 Å². The summed E-state index contributed by atoms with van der Waals surface area (Å²) in [5, 5.41) is 12.2. The lowest BCUT2D eigenvalue weighted by Crippen LogP contribution is -2.36. The van der Waals surface area contributed by atoms with Gasteiger partial charge in [0, 0.05) is 6.54 Å². The summed E-state index contributed by atoms with van der Waals surface area (Å²) < 4.78 is 0. The van der Waals surface area contributed by atoms with Gasteiger partial charge >= 0.3 is 5.97 Å². The molecule has 1 amide bonds. The van der Waals surface area contributed by atoms with Gasteiger partial charge in [-0.2, -0.15) is 0 Å². The molecule has 0 aliphatic heterocycles. The minimum atomic E-state index is -0.832. The number of hydrogen-bond acceptors (Lipinski definition) is 2. The summed E-state index contributed by atoms with van der Waals surface area (Å²) in [7, 11) is 0. The summed E-state index contributed by atoms with van der Waals surface area (Å²) in [6, 6.07) is 0. The first-order valence-electron chi connectivity index (χ1n) is 7.59. The van der Waals surface area contributed by atoms with Crippen molar-refractivity contribution in [2.75, 3.05) is 6.54 Å². The van der Waals surface area contributed by atoms with Crippen molar-refractivity contribution in [2.45, 2.75) is 47.5 Å². The highest BCUT2D eigenvalue weighted by Gasteiger charge is 2.64. The Hall–Kier alpha value is -1.06. The predicted molar refractivity (Wildman–Crippen MR) is 77.1 cm³/mol. The van der Waals surface area contributed by atoms with Crippen LogP contribution in [-0.2, 0) is 9.59 Å². The third kappa shape index (κ3) is 2.33. The number of carboxylic acid groups (broad SMARTS) is 1. The van der Waals surface area contributed by atoms with Crippen LogP contribution in [0.2, 0.25) is 0 Å². The molecule has 4 heteroatoms. The molecule has 4 nitrogen and oxygen atoms in total. The quantitative estimate of drug-likeness (QED) is 0.832. The molecule has 0 heterocycles. The van der Waals surface area contributed by atoms with E-state index in [4.69, 9.17) is 0 Å². The molecule has 0 radical (unpaired) electrons. The van der Waals surface area contributed by atoms with Gasteiger partial charge in [0.15, 0.2) is 0 Å². The summed E-state index contributed by atoms with van der Waals surface area (Å²) in [5.74, 6) is -0.971. The van der Waals surface area contributed by atoms with Gasteiger partial charge in [-0.15, -0.1) is 0 Å². The molecular weight excluding hydrogens is 254 g/mol. The highest BCUT2D eigenvalue weighted by molar-refractivity contribution is 5.85. The number of amides is 1. The molecule has 2 aliphatic carbocycles. The van der Waals surface area contributed by atoms with Gasteiger partial charge in [0.25, 0.3) is 0 Å². The monoisotopic (exact) mass is 281 g/mol. The van der Waals surface area contributed by atoms with E-state index in [1.54, 1.807) is 0 Å². The lowest BCUT2D eigenvalue weighted by molar-refractivity contribution is -0.146. The van der Waals surface area contributed by atoms with Gasteiger partial charge in [-0.25, -0.2) is 0 Å². The van der Waals surface area contributed by atoms with Crippen molar-refractivity contribution in [1.82, 2.24) is 5.32 Å². The lowest BCUT2D eigenvalue weighted by atomic mass is 9.95. The van der Waals surface area contributed by atoms with Crippen LogP contribution in [0.3, 0.4) is 0 Å². The van der Waals surface area contributed by atoms with Crippen LogP contribution >= 0.6 is 0 Å². The molecule has 2 saturated carbocycles. The largest absolute Gasteiger partial charge is 0.481 e. The maximum absolute atomic E-state index is 12.3. The number of carboxylic acids is 1. The van der Waals surface area contributed by atoms with Gasteiger partial charge < -0.3 is 10.4 Å². The van der Waals surface area contributed by atoms with E-state index in [1.807, 2.05) is 6.92 Å². The molecule has 0 aromatic heterocycles. The smallest absolute Gasteiger partial charge is 0.307 e. The first-order valence-corrected chi connectivity index (χ1v) is 7.59.